The molecule has 0 aromatic carbocycles. The highest BCUT2D eigenvalue weighted by Crippen LogP contribution is 2.30. The lowest BCUT2D eigenvalue weighted by Gasteiger charge is -2.22. The van der Waals surface area contributed by atoms with Gasteiger partial charge in [0.05, 0.1) is 6.10 Å². The quantitative estimate of drug-likeness (QED) is 0.616. The predicted octanol–water partition coefficient (Wildman–Crippen LogP) is 1.10. The lowest BCUT2D eigenvalue weighted by molar-refractivity contribution is 0.0952. The number of β-amino-alcohol motifs (C(OH)–C–C–N with tert-alkyl or cyclic N) is 1. The first-order chi connectivity index (χ1) is 4.93. The first-order valence-corrected chi connectivity index (χ1v) is 4.35. The fraction of sp³-hybridized carbons (Fsp3) is 1.00. The third kappa shape index (κ3) is 1.74. The third-order valence-corrected chi connectivity index (χ3v) is 2.65. The average molecular weight is 157 g/mol. The van der Waals surface area contributed by atoms with Gasteiger partial charge in [0.2, 0.25) is 0 Å². The van der Waals surface area contributed by atoms with E-state index in [1.807, 2.05) is 0 Å². The highest BCUT2D eigenvalue weighted by atomic mass is 16.3. The molecule has 0 spiro atoms. The summed E-state index contributed by atoms with van der Waals surface area (Å²) in [6.07, 6.45) is -0.148. The van der Waals surface area contributed by atoms with E-state index in [4.69, 9.17) is 0 Å². The summed E-state index contributed by atoms with van der Waals surface area (Å²) >= 11 is 0. The fourth-order valence-electron chi connectivity index (χ4n) is 1.56. The normalized spacial score (nSPS) is 31.6. The van der Waals surface area contributed by atoms with Crippen LogP contribution in [0.15, 0.2) is 0 Å². The van der Waals surface area contributed by atoms with Gasteiger partial charge in [0.15, 0.2) is 0 Å². The standard InChI is InChI=1S/C9H19NO/c1-7(2)10-5-8(11)9(3,4)6-10/h7-8,11H,5-6H2,1-4H3/t8-/m0/s1. The van der Waals surface area contributed by atoms with E-state index < -0.39 is 0 Å². The summed E-state index contributed by atoms with van der Waals surface area (Å²) in [5, 5.41) is 9.63. The molecule has 0 bridgehead atoms. The van der Waals surface area contributed by atoms with Crippen LogP contribution in [0.25, 0.3) is 0 Å². The van der Waals surface area contributed by atoms with Gasteiger partial charge in [-0.2, -0.15) is 0 Å². The van der Waals surface area contributed by atoms with Crippen LogP contribution < -0.4 is 0 Å². The minimum Gasteiger partial charge on any atom is -0.391 e. The zero-order chi connectivity index (χ0) is 8.65. The van der Waals surface area contributed by atoms with E-state index in [2.05, 4.69) is 32.6 Å². The van der Waals surface area contributed by atoms with Crippen LogP contribution >= 0.6 is 0 Å². The topological polar surface area (TPSA) is 23.5 Å². The Morgan fingerprint density at radius 3 is 2.18 bits per heavy atom. The van der Waals surface area contributed by atoms with Gasteiger partial charge in [-0.3, -0.25) is 4.90 Å². The minimum absolute atomic E-state index is 0.0876. The summed E-state index contributed by atoms with van der Waals surface area (Å²) in [5.41, 5.74) is 0.0876. The average Bonchev–Trinajstić information content (AvgIpc) is 2.08. The Balaban J connectivity index is 2.57. The largest absolute Gasteiger partial charge is 0.391 e. The van der Waals surface area contributed by atoms with E-state index in [0.717, 1.165) is 13.1 Å². The molecule has 1 aliphatic heterocycles. The van der Waals surface area contributed by atoms with Crippen molar-refractivity contribution in [3.05, 3.63) is 0 Å². The van der Waals surface area contributed by atoms with Crippen LogP contribution in [0.5, 0.6) is 0 Å². The third-order valence-electron chi connectivity index (χ3n) is 2.65. The first-order valence-electron chi connectivity index (χ1n) is 4.35. The number of rotatable bonds is 1. The molecule has 0 unspecified atom stereocenters. The molecule has 0 aromatic heterocycles. The van der Waals surface area contributed by atoms with Gasteiger partial charge in [-0.25, -0.2) is 0 Å². The SMILES string of the molecule is CC(C)N1C[C@H](O)C(C)(C)C1. The molecule has 0 aliphatic carbocycles. The van der Waals surface area contributed by atoms with Gasteiger partial charge in [-0.15, -0.1) is 0 Å². The maximum Gasteiger partial charge on any atom is 0.0730 e. The molecule has 2 heteroatoms. The molecule has 0 amide bonds. The van der Waals surface area contributed by atoms with E-state index >= 15 is 0 Å². The summed E-state index contributed by atoms with van der Waals surface area (Å²) in [4.78, 5) is 2.32. The van der Waals surface area contributed by atoms with Gasteiger partial charge in [0, 0.05) is 24.5 Å². The van der Waals surface area contributed by atoms with Crippen molar-refractivity contribution in [3.63, 3.8) is 0 Å². The number of hydrogen-bond acceptors (Lipinski definition) is 2. The fourth-order valence-corrected chi connectivity index (χ4v) is 1.56. The Bertz CT molecular complexity index is 142. The number of likely N-dealkylation sites (tertiary alicyclic amines) is 1. The van der Waals surface area contributed by atoms with Gasteiger partial charge in [-0.05, 0) is 13.8 Å². The van der Waals surface area contributed by atoms with Crippen LogP contribution in [-0.2, 0) is 0 Å². The zero-order valence-corrected chi connectivity index (χ0v) is 7.96. The van der Waals surface area contributed by atoms with E-state index in [-0.39, 0.29) is 11.5 Å². The molecule has 1 saturated heterocycles. The Labute approximate surface area is 69.2 Å². The number of hydrogen-bond donors (Lipinski definition) is 1. The summed E-state index contributed by atoms with van der Waals surface area (Å²) in [6.45, 7) is 10.5. The smallest absolute Gasteiger partial charge is 0.0730 e. The van der Waals surface area contributed by atoms with Gasteiger partial charge in [0.1, 0.15) is 0 Å². The molecule has 1 fully saturated rings. The highest BCUT2D eigenvalue weighted by molar-refractivity contribution is 4.91. The molecule has 1 atom stereocenters. The van der Waals surface area contributed by atoms with Crippen molar-refractivity contribution in [1.82, 2.24) is 4.90 Å². The van der Waals surface area contributed by atoms with Crippen LogP contribution in [0.4, 0.5) is 0 Å². The molecule has 1 N–H and O–H groups in total. The molecule has 0 aromatic rings. The van der Waals surface area contributed by atoms with Crippen molar-refractivity contribution in [1.29, 1.82) is 0 Å². The van der Waals surface area contributed by atoms with Crippen molar-refractivity contribution >= 4 is 0 Å². The summed E-state index contributed by atoms with van der Waals surface area (Å²) in [5.74, 6) is 0. The van der Waals surface area contributed by atoms with Crippen molar-refractivity contribution in [3.8, 4) is 0 Å². The van der Waals surface area contributed by atoms with Crippen LogP contribution in [0.2, 0.25) is 0 Å². The Kier molecular flexibility index (Phi) is 2.26. The molecule has 1 rings (SSSR count). The summed E-state index contributed by atoms with van der Waals surface area (Å²) < 4.78 is 0. The van der Waals surface area contributed by atoms with E-state index in [0.29, 0.717) is 6.04 Å². The Hall–Kier alpha value is -0.0800. The maximum absolute atomic E-state index is 9.63. The zero-order valence-electron chi connectivity index (χ0n) is 7.96. The Morgan fingerprint density at radius 2 is 2.00 bits per heavy atom. The molecule has 0 radical (unpaired) electrons. The van der Waals surface area contributed by atoms with Gasteiger partial charge < -0.3 is 5.11 Å². The maximum atomic E-state index is 9.63. The van der Waals surface area contributed by atoms with Crippen molar-refractivity contribution in [2.75, 3.05) is 13.1 Å². The Morgan fingerprint density at radius 1 is 1.45 bits per heavy atom. The lowest BCUT2D eigenvalue weighted by Crippen LogP contribution is -2.29. The molecule has 2 nitrogen and oxygen atoms in total. The van der Waals surface area contributed by atoms with Gasteiger partial charge in [-0.1, -0.05) is 13.8 Å². The summed E-state index contributed by atoms with van der Waals surface area (Å²) in [6, 6.07) is 0.562. The molecule has 66 valence electrons. The van der Waals surface area contributed by atoms with E-state index in [1.54, 1.807) is 0 Å². The second kappa shape index (κ2) is 2.76. The van der Waals surface area contributed by atoms with Gasteiger partial charge >= 0.3 is 0 Å². The van der Waals surface area contributed by atoms with Crippen LogP contribution in [0.1, 0.15) is 27.7 Å². The number of nitrogens with zero attached hydrogens (tertiary/aromatic N) is 1. The van der Waals surface area contributed by atoms with Crippen molar-refractivity contribution in [2.45, 2.75) is 39.8 Å². The second-order valence-electron chi connectivity index (χ2n) is 4.53. The van der Waals surface area contributed by atoms with Crippen molar-refractivity contribution < 1.29 is 5.11 Å². The number of aliphatic hydroxyl groups is 1. The van der Waals surface area contributed by atoms with E-state index in [9.17, 15) is 5.11 Å². The van der Waals surface area contributed by atoms with E-state index in [1.165, 1.54) is 0 Å². The second-order valence-corrected chi connectivity index (χ2v) is 4.53. The monoisotopic (exact) mass is 157 g/mol. The van der Waals surface area contributed by atoms with Crippen LogP contribution in [-0.4, -0.2) is 35.2 Å². The molecule has 0 saturated carbocycles. The van der Waals surface area contributed by atoms with Crippen LogP contribution in [0, 0.1) is 5.41 Å². The minimum atomic E-state index is -0.148. The highest BCUT2D eigenvalue weighted by Gasteiger charge is 2.38. The number of aliphatic hydroxyl groups excluding tert-OH is 1. The van der Waals surface area contributed by atoms with Crippen molar-refractivity contribution in [2.24, 2.45) is 5.41 Å². The first kappa shape index (κ1) is 9.01. The molecule has 11 heavy (non-hydrogen) atoms. The molecular weight excluding hydrogens is 138 g/mol. The molecule has 1 heterocycles. The van der Waals surface area contributed by atoms with Crippen LogP contribution in [0.3, 0.4) is 0 Å². The molecule has 1 aliphatic rings. The predicted molar refractivity (Wildman–Crippen MR) is 46.5 cm³/mol. The lowest BCUT2D eigenvalue weighted by atomic mass is 9.90. The molecular formula is C9H19NO. The van der Waals surface area contributed by atoms with Gasteiger partial charge in [0.25, 0.3) is 0 Å². The summed E-state index contributed by atoms with van der Waals surface area (Å²) in [7, 11) is 0.